The lowest BCUT2D eigenvalue weighted by Crippen LogP contribution is -1.87. The Kier molecular flexibility index (Phi) is 3.05. The van der Waals surface area contributed by atoms with Gasteiger partial charge in [0.25, 0.3) is 0 Å². The molecule has 2 aromatic heterocycles. The summed E-state index contributed by atoms with van der Waals surface area (Å²) in [5.41, 5.74) is 1.70. The van der Waals surface area contributed by atoms with Gasteiger partial charge in [-0.1, -0.05) is 12.1 Å². The molecule has 0 amide bonds. The first kappa shape index (κ1) is 12.7. The van der Waals surface area contributed by atoms with Crippen LogP contribution in [0, 0.1) is 5.82 Å². The van der Waals surface area contributed by atoms with E-state index < -0.39 is 0 Å². The average Bonchev–Trinajstić information content (AvgIpc) is 2.90. The molecule has 4 aromatic rings. The second kappa shape index (κ2) is 5.05. The van der Waals surface area contributed by atoms with E-state index in [1.807, 2.05) is 24.3 Å². The smallest absolute Gasteiger partial charge is 0.157 e. The molecule has 0 N–H and O–H groups in total. The highest BCUT2D eigenvalue weighted by atomic mass is 32.2. The molecule has 6 heteroatoms. The number of para-hydroxylation sites is 1. The first-order valence-electron chi connectivity index (χ1n) is 6.23. The molecule has 102 valence electrons. The van der Waals surface area contributed by atoms with Crippen molar-refractivity contribution in [3.8, 4) is 0 Å². The van der Waals surface area contributed by atoms with E-state index in [1.54, 1.807) is 17.4 Å². The number of benzene rings is 2. The number of fused-ring (bicyclic) bond motifs is 2. The van der Waals surface area contributed by atoms with Gasteiger partial charge >= 0.3 is 0 Å². The van der Waals surface area contributed by atoms with Gasteiger partial charge in [0.05, 0.1) is 15.7 Å². The van der Waals surface area contributed by atoms with Crippen LogP contribution in [0.2, 0.25) is 0 Å². The average molecular weight is 313 g/mol. The monoisotopic (exact) mass is 313 g/mol. The first-order valence-corrected chi connectivity index (χ1v) is 7.86. The summed E-state index contributed by atoms with van der Waals surface area (Å²) in [6.07, 6.45) is 1.50. The fraction of sp³-hybridized carbons (Fsp3) is 0. The van der Waals surface area contributed by atoms with Crippen molar-refractivity contribution in [3.05, 3.63) is 54.6 Å². The summed E-state index contributed by atoms with van der Waals surface area (Å²) in [4.78, 5) is 13.0. The fourth-order valence-corrected chi connectivity index (χ4v) is 4.12. The maximum Gasteiger partial charge on any atom is 0.157 e. The molecule has 3 nitrogen and oxygen atoms in total. The molecule has 2 heterocycles. The predicted molar refractivity (Wildman–Crippen MR) is 83.2 cm³/mol. The zero-order valence-electron chi connectivity index (χ0n) is 10.7. The van der Waals surface area contributed by atoms with E-state index in [-0.39, 0.29) is 5.82 Å². The molecule has 2 aromatic carbocycles. The van der Waals surface area contributed by atoms with Crippen LogP contribution < -0.4 is 0 Å². The van der Waals surface area contributed by atoms with Gasteiger partial charge in [0, 0.05) is 5.39 Å². The lowest BCUT2D eigenvalue weighted by molar-refractivity contribution is 0.629. The lowest BCUT2D eigenvalue weighted by atomic mass is 10.2. The molecule has 0 aliphatic heterocycles. The normalized spacial score (nSPS) is 11.3. The molecule has 0 saturated heterocycles. The van der Waals surface area contributed by atoms with Crippen LogP contribution in [-0.2, 0) is 0 Å². The molecule has 0 bridgehead atoms. The Bertz CT molecular complexity index is 919. The number of hydrogen-bond donors (Lipinski definition) is 0. The minimum atomic E-state index is -0.288. The predicted octanol–water partition coefficient (Wildman–Crippen LogP) is 4.53. The van der Waals surface area contributed by atoms with E-state index >= 15 is 0 Å². The molecule has 0 aliphatic carbocycles. The highest BCUT2D eigenvalue weighted by Gasteiger charge is 2.10. The quantitative estimate of drug-likeness (QED) is 0.510. The Morgan fingerprint density at radius 2 is 1.90 bits per heavy atom. The summed E-state index contributed by atoms with van der Waals surface area (Å²) in [7, 11) is 0. The van der Waals surface area contributed by atoms with Crippen molar-refractivity contribution in [1.29, 1.82) is 0 Å². The van der Waals surface area contributed by atoms with Gasteiger partial charge in [0.15, 0.2) is 4.34 Å². The van der Waals surface area contributed by atoms with E-state index in [9.17, 15) is 4.39 Å². The molecule has 0 saturated carbocycles. The molecule has 0 unspecified atom stereocenters. The largest absolute Gasteiger partial charge is 0.236 e. The molecule has 0 fully saturated rings. The summed E-state index contributed by atoms with van der Waals surface area (Å²) in [5, 5.41) is 1.43. The number of hydrogen-bond acceptors (Lipinski definition) is 5. The minimum Gasteiger partial charge on any atom is -0.236 e. The van der Waals surface area contributed by atoms with Crippen molar-refractivity contribution in [2.24, 2.45) is 0 Å². The molecule has 0 atom stereocenters. The maximum absolute atomic E-state index is 13.4. The zero-order valence-corrected chi connectivity index (χ0v) is 12.3. The number of aromatic nitrogens is 3. The number of nitrogens with zero attached hydrogens (tertiary/aromatic N) is 3. The van der Waals surface area contributed by atoms with E-state index in [0.29, 0.717) is 5.39 Å². The third-order valence-electron chi connectivity index (χ3n) is 3.02. The summed E-state index contributed by atoms with van der Waals surface area (Å²) in [6.45, 7) is 0. The van der Waals surface area contributed by atoms with Gasteiger partial charge in [-0.05, 0) is 42.1 Å². The Morgan fingerprint density at radius 3 is 2.81 bits per heavy atom. The van der Waals surface area contributed by atoms with Crippen molar-refractivity contribution >= 4 is 44.2 Å². The van der Waals surface area contributed by atoms with E-state index in [1.165, 1.54) is 30.2 Å². The van der Waals surface area contributed by atoms with Gasteiger partial charge < -0.3 is 0 Å². The van der Waals surface area contributed by atoms with Gasteiger partial charge in [0.2, 0.25) is 0 Å². The molecule has 0 aliphatic rings. The van der Waals surface area contributed by atoms with Gasteiger partial charge in [-0.25, -0.2) is 19.3 Å². The maximum atomic E-state index is 13.4. The van der Waals surface area contributed by atoms with Crippen LogP contribution in [0.5, 0.6) is 0 Å². The lowest BCUT2D eigenvalue weighted by Gasteiger charge is -2.02. The molecule has 0 radical (unpaired) electrons. The van der Waals surface area contributed by atoms with E-state index in [0.717, 1.165) is 25.1 Å². The van der Waals surface area contributed by atoms with Crippen molar-refractivity contribution in [2.75, 3.05) is 0 Å². The standard InChI is InChI=1S/C15H8FN3S2/c16-9-5-6-11-10(7-9)14(18-8-17-11)21-15-19-12-3-1-2-4-13(12)20-15/h1-8H. The number of halogens is 1. The van der Waals surface area contributed by atoms with Crippen LogP contribution in [0.1, 0.15) is 0 Å². The fourth-order valence-electron chi connectivity index (χ4n) is 2.06. The molecule has 4 rings (SSSR count). The number of rotatable bonds is 2. The van der Waals surface area contributed by atoms with E-state index in [2.05, 4.69) is 15.0 Å². The number of thiazole rings is 1. The highest BCUT2D eigenvalue weighted by molar-refractivity contribution is 8.01. The Morgan fingerprint density at radius 1 is 1.00 bits per heavy atom. The topological polar surface area (TPSA) is 38.7 Å². The Balaban J connectivity index is 1.81. The van der Waals surface area contributed by atoms with E-state index in [4.69, 9.17) is 0 Å². The summed E-state index contributed by atoms with van der Waals surface area (Å²) >= 11 is 3.04. The second-order valence-corrected chi connectivity index (χ2v) is 6.66. The SMILES string of the molecule is Fc1ccc2ncnc(Sc3nc4ccccc4s3)c2c1. The molecule has 0 spiro atoms. The minimum absolute atomic E-state index is 0.288. The highest BCUT2D eigenvalue weighted by Crippen LogP contribution is 2.36. The van der Waals surface area contributed by atoms with Gasteiger partial charge in [-0.2, -0.15) is 0 Å². The zero-order chi connectivity index (χ0) is 14.2. The van der Waals surface area contributed by atoms with Crippen molar-refractivity contribution in [3.63, 3.8) is 0 Å². The second-order valence-electron chi connectivity index (χ2n) is 4.39. The molecular weight excluding hydrogens is 305 g/mol. The van der Waals surface area contributed by atoms with Gasteiger partial charge in [-0.15, -0.1) is 11.3 Å². The third-order valence-corrected chi connectivity index (χ3v) is 5.13. The van der Waals surface area contributed by atoms with Crippen LogP contribution in [-0.4, -0.2) is 15.0 Å². The Hall–Kier alpha value is -2.05. The van der Waals surface area contributed by atoms with Crippen LogP contribution in [0.3, 0.4) is 0 Å². The van der Waals surface area contributed by atoms with Gasteiger partial charge in [-0.3, -0.25) is 0 Å². The van der Waals surface area contributed by atoms with Crippen LogP contribution >= 0.6 is 23.1 Å². The first-order chi connectivity index (χ1) is 10.3. The van der Waals surface area contributed by atoms with Gasteiger partial charge in [0.1, 0.15) is 17.2 Å². The summed E-state index contributed by atoms with van der Waals surface area (Å²) in [6, 6.07) is 12.5. The summed E-state index contributed by atoms with van der Waals surface area (Å²) < 4.78 is 15.5. The van der Waals surface area contributed by atoms with Crippen molar-refractivity contribution < 1.29 is 4.39 Å². The van der Waals surface area contributed by atoms with Crippen LogP contribution in [0.25, 0.3) is 21.1 Å². The van der Waals surface area contributed by atoms with Crippen LogP contribution in [0.4, 0.5) is 4.39 Å². The van der Waals surface area contributed by atoms with Crippen LogP contribution in [0.15, 0.2) is 58.2 Å². The Labute approximate surface area is 127 Å². The van der Waals surface area contributed by atoms with Crippen molar-refractivity contribution in [1.82, 2.24) is 15.0 Å². The third kappa shape index (κ3) is 2.36. The van der Waals surface area contributed by atoms with Crippen molar-refractivity contribution in [2.45, 2.75) is 9.37 Å². The molecular formula is C15H8FN3S2. The summed E-state index contributed by atoms with van der Waals surface area (Å²) in [5.74, 6) is -0.288. The molecule has 21 heavy (non-hydrogen) atoms.